The summed E-state index contributed by atoms with van der Waals surface area (Å²) in [5.74, 6) is -0.983. The van der Waals surface area contributed by atoms with Crippen LogP contribution in [0.15, 0.2) is 194 Å². The molecule has 1 unspecified atom stereocenters. The number of rotatable bonds is 10. The van der Waals surface area contributed by atoms with Gasteiger partial charge in [0, 0.05) is 67.2 Å². The molecule has 0 nitrogen and oxygen atoms in total. The van der Waals surface area contributed by atoms with Crippen molar-refractivity contribution in [1.82, 2.24) is 0 Å². The molecular formula is C123H162. The third-order valence-corrected chi connectivity index (χ3v) is 21.3. The van der Waals surface area contributed by atoms with Crippen LogP contribution in [0.2, 0.25) is 0 Å². The zero-order valence-electron chi connectivity index (χ0n) is 126. The molecule has 0 spiro atoms. The van der Waals surface area contributed by atoms with Gasteiger partial charge in [-0.25, -0.2) is 0 Å². The average Bonchev–Trinajstić information content (AvgIpc) is 0.747. The second kappa shape index (κ2) is 41.2. The molecular weight excluding hydrogens is 1480 g/mol. The van der Waals surface area contributed by atoms with Crippen molar-refractivity contribution in [2.75, 3.05) is 0 Å². The van der Waals surface area contributed by atoms with Crippen molar-refractivity contribution in [3.05, 3.63) is 350 Å². The maximum Gasteiger partial charge on any atom is 0.0355 e. The summed E-state index contributed by atoms with van der Waals surface area (Å²) in [6, 6.07) is 50.4. The SMILES string of the molecule is [2H]C([2H])([2H])c1cc(-c2ccc(C(C)(C)C)cc2C([2H])([2H])[2H])c(C([2H])([2H])[2H])cc1C.[2H]C([2H])([2H])c1cc(-c2ccc(C([2H])(C)C(C)(C)C)cc2C([2H])([2H])[2H])ccc1C.[2H]C([2H])([2H])c1cc(-c2ccc(C([2H])([2H])C(C)(C)C)cc2C([2H])([2H])[2H])c(C([2H])([2H])[2H])cc1C.[2H]C([2H])([2H])c1cc(C([2H])([2H])C(C)(C)C)ccc1-c1cc(C)c(C)c(C([2H])([2H])[2H])c1.[2H]C([2H])([2H])c1cc(C([2H])([2H])C(C)(C)C)ccc1-c1ccc(C)c(C)c1C([2H])([2H])[2H].[2H]C([2H])([2H])c1cc(C)ccc1-c1ccc(C(C)(C)C)cc1C([2H])([2H])[2H]. The topological polar surface area (TPSA) is 0 Å². The normalized spacial score (nSPS) is 19.9. The highest BCUT2D eigenvalue weighted by Gasteiger charge is 2.24. The van der Waals surface area contributed by atoms with Crippen LogP contribution in [0.3, 0.4) is 0 Å². The van der Waals surface area contributed by atoms with E-state index in [1.54, 1.807) is 225 Å². The molecule has 654 valence electrons. The summed E-state index contributed by atoms with van der Waals surface area (Å²) < 4.78 is 392. The predicted octanol–water partition coefficient (Wildman–Crippen LogP) is 36.4. The second-order valence-corrected chi connectivity index (χ2v) is 38.5. The standard InChI is InChI=1S/4C21H28.C20H26.C19H24/c1-14-8-10-20(17(4)16(14)3)19-11-9-18(12-15(19)2)13-21(5,6)7;1-14-11-19(12-15(2)17(14)4)20-9-8-18(10-16(20)3)13-21(5,6)7;1-14-10-16(3)20(12-15(14)2)19-9-8-18(11-17(19)4)13-21(5,6)7;1-14-8-9-19(12-15(14)2)20-11-10-18(13-16(20)3)17(4)21(5,6)7;1-13-10-15(3)19(12-14(13)2)18-9-8-17(11-16(18)4)20(5,6)7;1-13-7-9-17(14(2)11-13)18-10-8-16(12-15(18)3)19(4,5)6/h3*8-12H,13H2,1-7H3;8-13,17H,1-7H3;8-12H,1-7H3;7-12H,1-6H3/i2D3,4D3,13D2;1D3,3D3,13D2;2D3,3D3,4D3,13D2;2D3,3D3,17D;2D3,3D3,4D3;2D3,3D3. The first-order chi connectivity index (χ1) is 76.3. The lowest BCUT2D eigenvalue weighted by Crippen LogP contribution is -2.15. The van der Waals surface area contributed by atoms with Crippen molar-refractivity contribution in [2.24, 2.45) is 21.7 Å². The Bertz CT molecular complexity index is 7710. The summed E-state index contributed by atoms with van der Waals surface area (Å²) in [5.41, 5.74) is 9.17. The minimum Gasteiger partial charge on any atom is -0.0599 e. The first-order valence-electron chi connectivity index (χ1n) is 66.0. The van der Waals surface area contributed by atoms with Gasteiger partial charge in [0.25, 0.3) is 0 Å². The fourth-order valence-corrected chi connectivity index (χ4v) is 13.4. The van der Waals surface area contributed by atoms with Gasteiger partial charge in [-0.05, 0) is 426 Å². The Kier molecular flexibility index (Phi) is 17.0. The van der Waals surface area contributed by atoms with E-state index < -0.39 is 143 Å². The van der Waals surface area contributed by atoms with Gasteiger partial charge < -0.3 is 0 Å². The van der Waals surface area contributed by atoms with Crippen molar-refractivity contribution in [3.63, 3.8) is 0 Å². The Morgan fingerprint density at radius 3 is 1.00 bits per heavy atom. The van der Waals surface area contributed by atoms with Crippen molar-refractivity contribution in [3.8, 4) is 66.8 Å². The van der Waals surface area contributed by atoms with E-state index in [1.165, 1.54) is 67.6 Å². The van der Waals surface area contributed by atoms with E-state index in [1.807, 2.05) is 88.3 Å². The molecule has 0 saturated carbocycles. The predicted molar refractivity (Wildman–Crippen MR) is 550 cm³/mol. The van der Waals surface area contributed by atoms with Crippen LogP contribution in [0, 0.1) is 173 Å². The molecule has 0 aromatic heterocycles. The van der Waals surface area contributed by atoms with Gasteiger partial charge in [0.05, 0.1) is 0 Å². The number of hydrogen-bond donors (Lipinski definition) is 0. The van der Waals surface area contributed by atoms with E-state index >= 15 is 0 Å². The molecule has 0 bridgehead atoms. The Morgan fingerprint density at radius 1 is 0.236 bits per heavy atom. The highest BCUT2D eigenvalue weighted by atomic mass is 14.3. The summed E-state index contributed by atoms with van der Waals surface area (Å²) in [5, 5.41) is 0. The van der Waals surface area contributed by atoms with Crippen molar-refractivity contribution in [1.29, 1.82) is 0 Å². The van der Waals surface area contributed by atoms with Crippen LogP contribution in [-0.2, 0) is 29.9 Å². The molecule has 12 aromatic carbocycles. The van der Waals surface area contributed by atoms with Crippen molar-refractivity contribution < 1.29 is 67.2 Å². The van der Waals surface area contributed by atoms with Crippen molar-refractivity contribution in [2.45, 2.75) is 319 Å². The Hall–Kier alpha value is -9.36. The highest BCUT2D eigenvalue weighted by molar-refractivity contribution is 5.77. The summed E-state index contributed by atoms with van der Waals surface area (Å²) in [4.78, 5) is 0. The summed E-state index contributed by atoms with van der Waals surface area (Å²) in [7, 11) is 0. The molecule has 12 aromatic rings. The third kappa shape index (κ3) is 28.3. The summed E-state index contributed by atoms with van der Waals surface area (Å²) in [6.45, 7) is 14.6. The monoisotopic (exact) mass is 1690 g/mol. The molecule has 0 N–H and O–H groups in total. The lowest BCUT2D eigenvalue weighted by molar-refractivity contribution is 0.339. The average molecular weight is 1690 g/mol. The number of hydrogen-bond acceptors (Lipinski definition) is 0. The first kappa shape index (κ1) is 50.7. The van der Waals surface area contributed by atoms with Crippen LogP contribution in [-0.4, -0.2) is 0 Å². The van der Waals surface area contributed by atoms with Gasteiger partial charge in [0.2, 0.25) is 0 Å². The third-order valence-electron chi connectivity index (χ3n) is 21.3. The zero-order valence-corrected chi connectivity index (χ0v) is 77.5. The van der Waals surface area contributed by atoms with Gasteiger partial charge >= 0.3 is 0 Å². The molecule has 0 heterocycles. The van der Waals surface area contributed by atoms with Gasteiger partial charge in [-0.2, -0.15) is 0 Å². The van der Waals surface area contributed by atoms with E-state index in [0.29, 0.717) is 77.9 Å². The fourth-order valence-electron chi connectivity index (χ4n) is 13.4. The number of aryl methyl sites for hydroxylation is 19. The van der Waals surface area contributed by atoms with Gasteiger partial charge in [-0.1, -0.05) is 331 Å². The smallest absolute Gasteiger partial charge is 0.0355 e. The largest absolute Gasteiger partial charge is 0.0599 e. The second-order valence-electron chi connectivity index (χ2n) is 38.5. The van der Waals surface area contributed by atoms with Crippen LogP contribution >= 0.6 is 0 Å². The van der Waals surface area contributed by atoms with Crippen LogP contribution in [0.4, 0.5) is 0 Å². The van der Waals surface area contributed by atoms with Crippen LogP contribution in [0.5, 0.6) is 0 Å². The molecule has 0 fully saturated rings. The van der Waals surface area contributed by atoms with Crippen LogP contribution < -0.4 is 0 Å². The highest BCUT2D eigenvalue weighted by Crippen LogP contribution is 2.41. The van der Waals surface area contributed by atoms with E-state index in [9.17, 15) is 0 Å². The minimum absolute atomic E-state index is 0.00396. The van der Waals surface area contributed by atoms with Gasteiger partial charge in [-0.3, -0.25) is 0 Å². The summed E-state index contributed by atoms with van der Waals surface area (Å²) in [6.07, 6.45) is -5.37. The van der Waals surface area contributed by atoms with E-state index in [0.717, 1.165) is 27.8 Å². The lowest BCUT2D eigenvalue weighted by Gasteiger charge is -2.28. The Labute approximate surface area is 822 Å². The lowest BCUT2D eigenvalue weighted by atomic mass is 9.77. The maximum atomic E-state index is 8.78. The van der Waals surface area contributed by atoms with Gasteiger partial charge in [0.15, 0.2) is 0 Å². The molecule has 123 heavy (non-hydrogen) atoms. The van der Waals surface area contributed by atoms with Crippen LogP contribution in [0.1, 0.15) is 360 Å². The molecule has 0 heteroatoms. The van der Waals surface area contributed by atoms with Gasteiger partial charge in [0.1, 0.15) is 0 Å². The molecule has 1 atom stereocenters. The number of benzene rings is 12. The van der Waals surface area contributed by atoms with E-state index in [-0.39, 0.29) is 128 Å². The Balaban J connectivity index is 0.000000277. The molecule has 0 radical (unpaired) electrons. The molecule has 0 aliphatic heterocycles. The van der Waals surface area contributed by atoms with E-state index in [2.05, 4.69) is 0 Å². The van der Waals surface area contributed by atoms with Crippen LogP contribution in [0.25, 0.3) is 66.8 Å². The molecule has 0 aliphatic carbocycles. The zero-order chi connectivity index (χ0) is 134. The minimum atomic E-state index is -2.68. The molecule has 0 saturated heterocycles. The molecule has 0 amide bonds. The summed E-state index contributed by atoms with van der Waals surface area (Å²) >= 11 is 0. The van der Waals surface area contributed by atoms with E-state index in [4.69, 9.17) is 67.2 Å². The molecule has 12 rings (SSSR count). The Morgan fingerprint density at radius 2 is 0.569 bits per heavy atom. The maximum absolute atomic E-state index is 8.78. The van der Waals surface area contributed by atoms with Crippen molar-refractivity contribution >= 4 is 0 Å². The molecule has 0 aliphatic rings. The first-order valence-corrected chi connectivity index (χ1v) is 41.5. The quantitative estimate of drug-likeness (QED) is 0.128. The fraction of sp³-hybridized carbons (Fsp3) is 0.415. The van der Waals surface area contributed by atoms with Gasteiger partial charge in [-0.15, -0.1) is 0 Å².